The standard InChI is InChI=1S/C25H31NOS/c1-8-11-17(4)14-20-21-15-19(12-13-23(21)28-22(20)9-2)18(5)16-27-25(6,7)24(26)10-3/h9,12-15,18,26H,4,10,16H2,1-3,5-7H3/b20-14-,22-9+,26-24?. The van der Waals surface area contributed by atoms with Crippen molar-refractivity contribution < 1.29 is 4.74 Å². The summed E-state index contributed by atoms with van der Waals surface area (Å²) >= 11 is 1.79. The van der Waals surface area contributed by atoms with E-state index in [4.69, 9.17) is 10.1 Å². The van der Waals surface area contributed by atoms with Crippen LogP contribution in [0.1, 0.15) is 59.4 Å². The summed E-state index contributed by atoms with van der Waals surface area (Å²) in [4.78, 5) is 0. The van der Waals surface area contributed by atoms with Crippen LogP contribution >= 0.6 is 11.3 Å². The Labute approximate surface area is 173 Å². The van der Waals surface area contributed by atoms with Gasteiger partial charge in [-0.25, -0.2) is 0 Å². The number of fused-ring (bicyclic) bond motifs is 1. The van der Waals surface area contributed by atoms with Gasteiger partial charge in [0.25, 0.3) is 0 Å². The monoisotopic (exact) mass is 393 g/mol. The van der Waals surface area contributed by atoms with Gasteiger partial charge in [0.2, 0.25) is 0 Å². The molecule has 2 nitrogen and oxygen atoms in total. The van der Waals surface area contributed by atoms with Crippen molar-refractivity contribution in [3.05, 3.63) is 45.7 Å². The lowest BCUT2D eigenvalue weighted by Gasteiger charge is -2.27. The molecule has 2 rings (SSSR count). The number of allylic oxidation sites excluding steroid dienone is 1. The van der Waals surface area contributed by atoms with Crippen LogP contribution in [0.3, 0.4) is 0 Å². The molecule has 0 radical (unpaired) electrons. The van der Waals surface area contributed by atoms with Crippen molar-refractivity contribution in [2.24, 2.45) is 0 Å². The molecule has 0 aliphatic heterocycles. The minimum absolute atomic E-state index is 0.244. The molecule has 1 aromatic carbocycles. The molecule has 0 saturated heterocycles. The molecule has 2 aromatic rings. The Morgan fingerprint density at radius 3 is 2.71 bits per heavy atom. The Kier molecular flexibility index (Phi) is 7.41. The number of benzene rings is 1. The molecule has 0 spiro atoms. The molecule has 0 bridgehead atoms. The Balaban J connectivity index is 2.41. The van der Waals surface area contributed by atoms with E-state index in [1.54, 1.807) is 11.3 Å². The average molecular weight is 394 g/mol. The van der Waals surface area contributed by atoms with E-state index in [0.717, 1.165) is 5.57 Å². The van der Waals surface area contributed by atoms with Gasteiger partial charge in [-0.15, -0.1) is 17.3 Å². The van der Waals surface area contributed by atoms with E-state index in [0.29, 0.717) is 18.7 Å². The van der Waals surface area contributed by atoms with Crippen LogP contribution in [0, 0.1) is 17.3 Å². The van der Waals surface area contributed by atoms with Crippen molar-refractivity contribution in [1.82, 2.24) is 0 Å². The van der Waals surface area contributed by atoms with E-state index >= 15 is 0 Å². The van der Waals surface area contributed by atoms with Crippen molar-refractivity contribution in [2.75, 3.05) is 6.61 Å². The fourth-order valence-corrected chi connectivity index (χ4v) is 4.18. The third-order valence-corrected chi connectivity index (χ3v) is 6.24. The van der Waals surface area contributed by atoms with E-state index in [1.165, 1.54) is 25.4 Å². The van der Waals surface area contributed by atoms with Gasteiger partial charge in [-0.3, -0.25) is 0 Å². The van der Waals surface area contributed by atoms with Crippen LogP contribution in [0.4, 0.5) is 0 Å². The molecule has 0 fully saturated rings. The first kappa shape index (κ1) is 22.1. The zero-order valence-electron chi connectivity index (χ0n) is 17.9. The van der Waals surface area contributed by atoms with Crippen molar-refractivity contribution in [2.45, 2.75) is 59.5 Å². The highest BCUT2D eigenvalue weighted by Gasteiger charge is 2.24. The summed E-state index contributed by atoms with van der Waals surface area (Å²) in [5, 5.41) is 10.5. The lowest BCUT2D eigenvalue weighted by atomic mass is 9.98. The third kappa shape index (κ3) is 5.01. The molecule has 1 aromatic heterocycles. The van der Waals surface area contributed by atoms with E-state index in [-0.39, 0.29) is 5.92 Å². The maximum absolute atomic E-state index is 8.10. The predicted octanol–water partition coefficient (Wildman–Crippen LogP) is 5.39. The second-order valence-corrected chi connectivity index (χ2v) is 8.61. The van der Waals surface area contributed by atoms with Gasteiger partial charge in [-0.05, 0) is 57.9 Å². The van der Waals surface area contributed by atoms with Gasteiger partial charge >= 0.3 is 0 Å². The third-order valence-electron chi connectivity index (χ3n) is 4.99. The molecule has 3 heteroatoms. The molecular weight excluding hydrogens is 362 g/mol. The highest BCUT2D eigenvalue weighted by atomic mass is 32.1. The predicted molar refractivity (Wildman–Crippen MR) is 125 cm³/mol. The Bertz CT molecular complexity index is 1060. The Morgan fingerprint density at radius 1 is 1.39 bits per heavy atom. The van der Waals surface area contributed by atoms with Crippen molar-refractivity contribution in [3.63, 3.8) is 0 Å². The summed E-state index contributed by atoms with van der Waals surface area (Å²) in [6.45, 7) is 16.7. The number of ether oxygens (including phenoxy) is 1. The largest absolute Gasteiger partial charge is 0.369 e. The van der Waals surface area contributed by atoms with Gasteiger partial charge < -0.3 is 10.1 Å². The lowest BCUT2D eigenvalue weighted by Crippen LogP contribution is -2.35. The van der Waals surface area contributed by atoms with Crippen LogP contribution in [-0.4, -0.2) is 17.9 Å². The van der Waals surface area contributed by atoms with Gasteiger partial charge in [0.1, 0.15) is 0 Å². The normalized spacial score (nSPS) is 14.1. The molecule has 1 heterocycles. The zero-order valence-corrected chi connectivity index (χ0v) is 18.7. The second kappa shape index (κ2) is 9.37. The van der Waals surface area contributed by atoms with Crippen LogP contribution in [0.15, 0.2) is 30.4 Å². The van der Waals surface area contributed by atoms with Gasteiger partial charge in [0.05, 0.1) is 12.2 Å². The molecule has 0 saturated carbocycles. The molecule has 148 valence electrons. The maximum Gasteiger partial charge on any atom is 0.0998 e. The van der Waals surface area contributed by atoms with E-state index in [9.17, 15) is 0 Å². The molecule has 0 aliphatic carbocycles. The molecule has 1 atom stereocenters. The second-order valence-electron chi connectivity index (χ2n) is 7.52. The summed E-state index contributed by atoms with van der Waals surface area (Å²) in [6.07, 6.45) is 4.94. The van der Waals surface area contributed by atoms with Crippen molar-refractivity contribution in [1.29, 1.82) is 5.41 Å². The molecule has 1 unspecified atom stereocenters. The van der Waals surface area contributed by atoms with Crippen LogP contribution in [0.2, 0.25) is 0 Å². The van der Waals surface area contributed by atoms with E-state index in [2.05, 4.69) is 62.6 Å². The first-order valence-corrected chi connectivity index (χ1v) is 10.6. The first-order chi connectivity index (χ1) is 13.2. The number of hydrogen-bond donors (Lipinski definition) is 1. The molecule has 0 amide bonds. The minimum Gasteiger partial charge on any atom is -0.369 e. The highest BCUT2D eigenvalue weighted by molar-refractivity contribution is 7.17. The fourth-order valence-electron chi connectivity index (χ4n) is 3.14. The smallest absolute Gasteiger partial charge is 0.0998 e. The van der Waals surface area contributed by atoms with Gasteiger partial charge in [-0.1, -0.05) is 38.5 Å². The Hall–Kier alpha value is -2.15. The molecular formula is C25H31NOS. The Morgan fingerprint density at radius 2 is 2.11 bits per heavy atom. The van der Waals surface area contributed by atoms with Crippen LogP contribution in [0.5, 0.6) is 0 Å². The molecule has 1 N–H and O–H groups in total. The number of nitrogens with one attached hydrogen (secondary N) is 1. The number of thiophene rings is 1. The number of hydrogen-bond acceptors (Lipinski definition) is 3. The minimum atomic E-state index is -0.519. The van der Waals surface area contributed by atoms with Crippen LogP contribution in [-0.2, 0) is 4.74 Å². The van der Waals surface area contributed by atoms with Gasteiger partial charge in [0.15, 0.2) is 0 Å². The first-order valence-electron chi connectivity index (χ1n) is 9.77. The summed E-state index contributed by atoms with van der Waals surface area (Å²) in [5.41, 5.74) is 2.18. The maximum atomic E-state index is 8.10. The van der Waals surface area contributed by atoms with Crippen molar-refractivity contribution >= 4 is 39.3 Å². The van der Waals surface area contributed by atoms with Gasteiger partial charge in [-0.2, -0.15) is 0 Å². The van der Waals surface area contributed by atoms with Crippen LogP contribution < -0.4 is 9.75 Å². The highest BCUT2D eigenvalue weighted by Crippen LogP contribution is 2.24. The SMILES string of the molecule is C=C(C#CC)/C=c1\c(=C/C)sc2ccc(C(C)COC(C)(C)C(=N)CC)cc12. The zero-order chi connectivity index (χ0) is 20.9. The summed E-state index contributed by atoms with van der Waals surface area (Å²) < 4.78 is 8.60. The van der Waals surface area contributed by atoms with E-state index in [1.807, 2.05) is 27.7 Å². The van der Waals surface area contributed by atoms with Gasteiger partial charge in [0, 0.05) is 37.0 Å². The quantitative estimate of drug-likeness (QED) is 0.496. The summed E-state index contributed by atoms with van der Waals surface area (Å²) in [5.74, 6) is 6.20. The number of rotatable bonds is 7. The fraction of sp³-hybridized carbons (Fsp3) is 0.400. The topological polar surface area (TPSA) is 33.1 Å². The average Bonchev–Trinajstić information content (AvgIpc) is 3.02. The van der Waals surface area contributed by atoms with Crippen molar-refractivity contribution in [3.8, 4) is 11.8 Å². The molecule has 0 aliphatic rings. The van der Waals surface area contributed by atoms with E-state index < -0.39 is 5.60 Å². The van der Waals surface area contributed by atoms with Crippen LogP contribution in [0.25, 0.3) is 22.2 Å². The summed E-state index contributed by atoms with van der Waals surface area (Å²) in [6, 6.07) is 6.65. The lowest BCUT2D eigenvalue weighted by molar-refractivity contribution is 0.0257. The molecule has 28 heavy (non-hydrogen) atoms. The summed E-state index contributed by atoms with van der Waals surface area (Å²) in [7, 11) is 0.